The van der Waals surface area contributed by atoms with Gasteiger partial charge in [-0.2, -0.15) is 0 Å². The van der Waals surface area contributed by atoms with E-state index in [1.165, 1.54) is 0 Å². The first-order chi connectivity index (χ1) is 16.0. The average Bonchev–Trinajstić information content (AvgIpc) is 3.14. The Morgan fingerprint density at radius 3 is 2.30 bits per heavy atom. The number of carboxylic acids is 1. The molecule has 1 heterocycles. The van der Waals surface area contributed by atoms with Gasteiger partial charge in [-0.1, -0.05) is 55.5 Å². The number of nitrogens with one attached hydrogen (secondary N) is 1. The van der Waals surface area contributed by atoms with Gasteiger partial charge in [0.1, 0.15) is 12.6 Å². The summed E-state index contributed by atoms with van der Waals surface area (Å²) in [6.07, 6.45) is 2.09. The van der Waals surface area contributed by atoms with E-state index in [1.807, 2.05) is 31.2 Å². The van der Waals surface area contributed by atoms with Crippen molar-refractivity contribution in [3.05, 3.63) is 59.7 Å². The molecular formula is C26H30N2O5. The molecule has 1 fully saturated rings. The molecule has 1 aliphatic heterocycles. The van der Waals surface area contributed by atoms with Crippen LogP contribution in [0.3, 0.4) is 0 Å². The lowest BCUT2D eigenvalue weighted by atomic mass is 9.98. The van der Waals surface area contributed by atoms with E-state index in [0.29, 0.717) is 19.4 Å². The molecule has 0 spiro atoms. The Labute approximate surface area is 193 Å². The molecule has 174 valence electrons. The number of hydrogen-bond acceptors (Lipinski definition) is 4. The third-order valence-corrected chi connectivity index (χ3v) is 6.66. The highest BCUT2D eigenvalue weighted by Crippen LogP contribution is 2.44. The summed E-state index contributed by atoms with van der Waals surface area (Å²) >= 11 is 0. The van der Waals surface area contributed by atoms with Gasteiger partial charge in [0.15, 0.2) is 0 Å². The van der Waals surface area contributed by atoms with Crippen LogP contribution in [0.15, 0.2) is 48.5 Å². The summed E-state index contributed by atoms with van der Waals surface area (Å²) in [5, 5.41) is 11.9. The number of ether oxygens (including phenoxy) is 1. The van der Waals surface area contributed by atoms with E-state index in [9.17, 15) is 19.5 Å². The molecule has 7 heteroatoms. The minimum atomic E-state index is -0.919. The van der Waals surface area contributed by atoms with E-state index in [2.05, 4.69) is 29.6 Å². The lowest BCUT2D eigenvalue weighted by Gasteiger charge is -2.37. The first-order valence-corrected chi connectivity index (χ1v) is 11.6. The van der Waals surface area contributed by atoms with E-state index >= 15 is 0 Å². The minimum Gasteiger partial charge on any atom is -0.481 e. The van der Waals surface area contributed by atoms with Crippen LogP contribution in [0.4, 0.5) is 4.79 Å². The maximum absolute atomic E-state index is 13.1. The molecule has 1 aliphatic carbocycles. The number of rotatable bonds is 7. The number of aliphatic carboxylic acids is 1. The van der Waals surface area contributed by atoms with Crippen LogP contribution in [-0.4, -0.2) is 53.2 Å². The summed E-state index contributed by atoms with van der Waals surface area (Å²) in [6, 6.07) is 15.2. The number of carbonyl (C=O) groups excluding carboxylic acids is 2. The van der Waals surface area contributed by atoms with Gasteiger partial charge in [-0.05, 0) is 47.9 Å². The molecule has 0 saturated carbocycles. The van der Waals surface area contributed by atoms with Gasteiger partial charge in [0.05, 0.1) is 6.42 Å². The molecule has 2 aromatic carbocycles. The first kappa shape index (κ1) is 22.8. The number of amides is 2. The number of piperidine rings is 1. The zero-order valence-corrected chi connectivity index (χ0v) is 18.8. The summed E-state index contributed by atoms with van der Waals surface area (Å²) in [5.41, 5.74) is 4.55. The zero-order valence-electron chi connectivity index (χ0n) is 18.8. The molecule has 33 heavy (non-hydrogen) atoms. The third kappa shape index (κ3) is 4.87. The normalized spacial score (nSPS) is 18.2. The molecule has 2 amide bonds. The van der Waals surface area contributed by atoms with Crippen LogP contribution in [0.1, 0.15) is 56.1 Å². The lowest BCUT2D eigenvalue weighted by Crippen LogP contribution is -2.53. The topological polar surface area (TPSA) is 95.9 Å². The van der Waals surface area contributed by atoms with Crippen LogP contribution in [0.5, 0.6) is 0 Å². The number of hydrogen-bond donors (Lipinski definition) is 2. The summed E-state index contributed by atoms with van der Waals surface area (Å²) in [4.78, 5) is 38.6. The van der Waals surface area contributed by atoms with E-state index in [-0.39, 0.29) is 30.9 Å². The Hall–Kier alpha value is -3.35. The van der Waals surface area contributed by atoms with Crippen molar-refractivity contribution < 1.29 is 24.2 Å². The van der Waals surface area contributed by atoms with Crippen LogP contribution in [0.25, 0.3) is 11.1 Å². The van der Waals surface area contributed by atoms with Crippen molar-refractivity contribution in [3.8, 4) is 11.1 Å². The summed E-state index contributed by atoms with van der Waals surface area (Å²) in [7, 11) is 0. The van der Waals surface area contributed by atoms with Crippen LogP contribution >= 0.6 is 0 Å². The zero-order chi connectivity index (χ0) is 23.4. The Morgan fingerprint density at radius 2 is 1.70 bits per heavy atom. The van der Waals surface area contributed by atoms with Crippen molar-refractivity contribution >= 4 is 18.0 Å². The molecule has 4 rings (SSSR count). The molecule has 2 atom stereocenters. The molecule has 0 aromatic heterocycles. The SMILES string of the molecule is CCC(NC(=O)OCC1c2ccccc2-c2ccccc21)C(=O)N1CCCC[C@H]1CC(=O)O. The van der Waals surface area contributed by atoms with E-state index in [1.54, 1.807) is 4.90 Å². The number of nitrogens with zero attached hydrogens (tertiary/aromatic N) is 1. The van der Waals surface area contributed by atoms with Crippen LogP contribution in [0, 0.1) is 0 Å². The van der Waals surface area contributed by atoms with Gasteiger partial charge >= 0.3 is 12.1 Å². The highest BCUT2D eigenvalue weighted by Gasteiger charge is 2.34. The number of benzene rings is 2. The second-order valence-corrected chi connectivity index (χ2v) is 8.71. The molecule has 2 aromatic rings. The number of alkyl carbamates (subject to hydrolysis) is 1. The Kier molecular flexibility index (Phi) is 6.96. The average molecular weight is 451 g/mol. The van der Waals surface area contributed by atoms with Crippen molar-refractivity contribution in [2.24, 2.45) is 0 Å². The maximum Gasteiger partial charge on any atom is 0.407 e. The molecule has 7 nitrogen and oxygen atoms in total. The highest BCUT2D eigenvalue weighted by atomic mass is 16.5. The quantitative estimate of drug-likeness (QED) is 0.660. The Bertz CT molecular complexity index is 991. The van der Waals surface area contributed by atoms with Crippen LogP contribution in [-0.2, 0) is 14.3 Å². The van der Waals surface area contributed by atoms with Gasteiger partial charge in [0.25, 0.3) is 0 Å². The van der Waals surface area contributed by atoms with Gasteiger partial charge < -0.3 is 20.1 Å². The molecule has 2 N–H and O–H groups in total. The summed E-state index contributed by atoms with van der Waals surface area (Å²) < 4.78 is 5.59. The van der Waals surface area contributed by atoms with Gasteiger partial charge in [-0.15, -0.1) is 0 Å². The van der Waals surface area contributed by atoms with E-state index in [4.69, 9.17) is 4.74 Å². The largest absolute Gasteiger partial charge is 0.481 e. The van der Waals surface area contributed by atoms with Crippen LogP contribution in [0.2, 0.25) is 0 Å². The number of fused-ring (bicyclic) bond motifs is 3. The second kappa shape index (κ2) is 10.1. The molecule has 0 bridgehead atoms. The molecule has 1 saturated heterocycles. The van der Waals surface area contributed by atoms with Gasteiger partial charge in [0.2, 0.25) is 5.91 Å². The molecule has 0 radical (unpaired) electrons. The van der Waals surface area contributed by atoms with E-state index in [0.717, 1.165) is 35.1 Å². The number of likely N-dealkylation sites (tertiary alicyclic amines) is 1. The number of carboxylic acid groups (broad SMARTS) is 1. The van der Waals surface area contributed by atoms with Gasteiger partial charge in [0, 0.05) is 18.5 Å². The fraction of sp³-hybridized carbons (Fsp3) is 0.423. The summed E-state index contributed by atoms with van der Waals surface area (Å²) in [5.74, 6) is -1.21. The Balaban J connectivity index is 1.40. The predicted octanol–water partition coefficient (Wildman–Crippen LogP) is 4.16. The molecule has 2 aliphatic rings. The number of carbonyl (C=O) groups is 3. The lowest BCUT2D eigenvalue weighted by molar-refractivity contribution is -0.142. The molecular weight excluding hydrogens is 420 g/mol. The van der Waals surface area contributed by atoms with E-state index < -0.39 is 18.1 Å². The van der Waals surface area contributed by atoms with Crippen molar-refractivity contribution in [2.75, 3.05) is 13.2 Å². The maximum atomic E-state index is 13.1. The smallest absolute Gasteiger partial charge is 0.407 e. The fourth-order valence-corrected chi connectivity index (χ4v) is 5.03. The predicted molar refractivity (Wildman–Crippen MR) is 124 cm³/mol. The molecule has 1 unspecified atom stereocenters. The van der Waals surface area contributed by atoms with Crippen molar-refractivity contribution in [3.63, 3.8) is 0 Å². The van der Waals surface area contributed by atoms with Crippen LogP contribution < -0.4 is 5.32 Å². The van der Waals surface area contributed by atoms with Crippen molar-refractivity contribution in [1.82, 2.24) is 10.2 Å². The van der Waals surface area contributed by atoms with Crippen molar-refractivity contribution in [2.45, 2.75) is 57.0 Å². The first-order valence-electron chi connectivity index (χ1n) is 11.6. The third-order valence-electron chi connectivity index (χ3n) is 6.66. The highest BCUT2D eigenvalue weighted by molar-refractivity contribution is 5.86. The summed E-state index contributed by atoms with van der Waals surface area (Å²) in [6.45, 7) is 2.51. The standard InChI is InChI=1S/C26H30N2O5/c1-2-23(25(31)28-14-8-7-9-17(28)15-24(29)30)27-26(32)33-16-22-20-12-5-3-10-18(20)19-11-4-6-13-21(19)22/h3-6,10-13,17,22-23H,2,7-9,14-16H2,1H3,(H,27,32)(H,29,30)/t17-,23?/m0/s1. The van der Waals surface area contributed by atoms with Crippen molar-refractivity contribution in [1.29, 1.82) is 0 Å². The van der Waals surface area contributed by atoms with Gasteiger partial charge in [-0.3, -0.25) is 9.59 Å². The second-order valence-electron chi connectivity index (χ2n) is 8.71. The monoisotopic (exact) mass is 450 g/mol. The fourth-order valence-electron chi connectivity index (χ4n) is 5.03. The van der Waals surface area contributed by atoms with Gasteiger partial charge in [-0.25, -0.2) is 4.79 Å². The minimum absolute atomic E-state index is 0.0547. The Morgan fingerprint density at radius 1 is 1.06 bits per heavy atom.